The fourth-order valence-corrected chi connectivity index (χ4v) is 1.53. The molecule has 0 bridgehead atoms. The van der Waals surface area contributed by atoms with Crippen LogP contribution in [-0.2, 0) is 16.1 Å². The van der Waals surface area contributed by atoms with Gasteiger partial charge in [0.15, 0.2) is 5.58 Å². The molecule has 1 aromatic heterocycles. The van der Waals surface area contributed by atoms with Crippen LogP contribution in [-0.4, -0.2) is 29.1 Å². The van der Waals surface area contributed by atoms with Crippen LogP contribution in [0.1, 0.15) is 5.56 Å². The van der Waals surface area contributed by atoms with E-state index in [1.165, 1.54) is 11.9 Å². The quantitative estimate of drug-likeness (QED) is 0.610. The minimum atomic E-state index is -0.597. The molecule has 1 amide bonds. The third-order valence-corrected chi connectivity index (χ3v) is 2.38. The SMILES string of the molecule is CN(Cc1ccc2[nH]c(=O)oc2c1)C(=O)C=O. The van der Waals surface area contributed by atoms with Gasteiger partial charge in [0.05, 0.1) is 5.52 Å². The number of aldehydes is 1. The van der Waals surface area contributed by atoms with Crippen LogP contribution in [0.2, 0.25) is 0 Å². The Morgan fingerprint density at radius 1 is 1.53 bits per heavy atom. The summed E-state index contributed by atoms with van der Waals surface area (Å²) in [5, 5.41) is 0. The molecule has 0 unspecified atom stereocenters. The Hall–Kier alpha value is -2.37. The number of carbonyl (C=O) groups excluding carboxylic acids is 2. The first-order valence-corrected chi connectivity index (χ1v) is 4.92. The van der Waals surface area contributed by atoms with Gasteiger partial charge >= 0.3 is 5.76 Å². The molecule has 0 saturated carbocycles. The van der Waals surface area contributed by atoms with E-state index in [4.69, 9.17) is 4.42 Å². The second-order valence-electron chi connectivity index (χ2n) is 3.66. The smallest absolute Gasteiger partial charge is 0.408 e. The zero-order valence-corrected chi connectivity index (χ0v) is 9.10. The Morgan fingerprint density at radius 3 is 3.00 bits per heavy atom. The van der Waals surface area contributed by atoms with Gasteiger partial charge in [-0.25, -0.2) is 4.79 Å². The molecule has 6 heteroatoms. The van der Waals surface area contributed by atoms with Crippen molar-refractivity contribution < 1.29 is 14.0 Å². The number of fused-ring (bicyclic) bond motifs is 1. The number of carbonyl (C=O) groups is 2. The van der Waals surface area contributed by atoms with Gasteiger partial charge in [-0.1, -0.05) is 6.07 Å². The molecule has 0 saturated heterocycles. The monoisotopic (exact) mass is 234 g/mol. The van der Waals surface area contributed by atoms with Crippen LogP contribution in [0.3, 0.4) is 0 Å². The summed E-state index contributed by atoms with van der Waals surface area (Å²) in [7, 11) is 1.52. The average Bonchev–Trinajstić information content (AvgIpc) is 2.67. The third-order valence-electron chi connectivity index (χ3n) is 2.38. The molecule has 2 aromatic rings. The fourth-order valence-electron chi connectivity index (χ4n) is 1.53. The highest BCUT2D eigenvalue weighted by Crippen LogP contribution is 2.13. The maximum absolute atomic E-state index is 11.1. The van der Waals surface area contributed by atoms with E-state index in [1.807, 2.05) is 0 Å². The first kappa shape index (κ1) is 11.1. The number of oxazole rings is 1. The fraction of sp³-hybridized carbons (Fsp3) is 0.182. The molecule has 0 aliphatic heterocycles. The second kappa shape index (κ2) is 4.25. The van der Waals surface area contributed by atoms with Gasteiger partial charge in [0.2, 0.25) is 6.29 Å². The lowest BCUT2D eigenvalue weighted by Crippen LogP contribution is -2.26. The third kappa shape index (κ3) is 2.25. The van der Waals surface area contributed by atoms with Gasteiger partial charge in [-0.3, -0.25) is 14.6 Å². The van der Waals surface area contributed by atoms with E-state index in [1.54, 1.807) is 18.2 Å². The first-order valence-electron chi connectivity index (χ1n) is 4.92. The first-order chi connectivity index (χ1) is 8.10. The second-order valence-corrected chi connectivity index (χ2v) is 3.66. The summed E-state index contributed by atoms with van der Waals surface area (Å²) in [5.74, 6) is -1.12. The number of nitrogens with zero attached hydrogens (tertiary/aromatic N) is 1. The largest absolute Gasteiger partial charge is 0.417 e. The molecular weight excluding hydrogens is 224 g/mol. The van der Waals surface area contributed by atoms with Crippen LogP contribution in [0.15, 0.2) is 27.4 Å². The lowest BCUT2D eigenvalue weighted by molar-refractivity contribution is -0.138. The maximum atomic E-state index is 11.1. The van der Waals surface area contributed by atoms with Gasteiger partial charge in [-0.2, -0.15) is 0 Å². The van der Waals surface area contributed by atoms with Crippen molar-refractivity contribution in [1.82, 2.24) is 9.88 Å². The Bertz CT molecular complexity index is 626. The summed E-state index contributed by atoms with van der Waals surface area (Å²) in [6, 6.07) is 5.10. The molecule has 0 fully saturated rings. The number of likely N-dealkylation sites (N-methyl/N-ethyl adjacent to an activating group) is 1. The topological polar surface area (TPSA) is 83.4 Å². The van der Waals surface area contributed by atoms with E-state index < -0.39 is 11.7 Å². The zero-order chi connectivity index (χ0) is 12.4. The molecule has 2 rings (SSSR count). The van der Waals surface area contributed by atoms with E-state index in [9.17, 15) is 14.4 Å². The summed E-state index contributed by atoms with van der Waals surface area (Å²) in [6.07, 6.45) is 0.259. The highest BCUT2D eigenvalue weighted by atomic mass is 16.4. The Labute approximate surface area is 95.8 Å². The number of H-pyrrole nitrogens is 1. The van der Waals surface area contributed by atoms with E-state index in [0.717, 1.165) is 5.56 Å². The number of hydrogen-bond acceptors (Lipinski definition) is 4. The van der Waals surface area contributed by atoms with Crippen LogP contribution in [0.4, 0.5) is 0 Å². The molecule has 88 valence electrons. The number of rotatable bonds is 3. The van der Waals surface area contributed by atoms with Crippen molar-refractivity contribution in [2.24, 2.45) is 0 Å². The van der Waals surface area contributed by atoms with Gasteiger partial charge in [-0.05, 0) is 17.7 Å². The van der Waals surface area contributed by atoms with Crippen LogP contribution < -0.4 is 5.76 Å². The summed E-state index contributed by atoms with van der Waals surface area (Å²) in [4.78, 5) is 36.1. The van der Waals surface area contributed by atoms with Gasteiger partial charge in [0, 0.05) is 13.6 Å². The minimum Gasteiger partial charge on any atom is -0.408 e. The molecular formula is C11H10N2O4. The van der Waals surface area contributed by atoms with Crippen molar-refractivity contribution in [1.29, 1.82) is 0 Å². The molecule has 0 aliphatic carbocycles. The maximum Gasteiger partial charge on any atom is 0.417 e. The molecule has 6 nitrogen and oxygen atoms in total. The van der Waals surface area contributed by atoms with E-state index in [-0.39, 0.29) is 12.8 Å². The Morgan fingerprint density at radius 2 is 2.29 bits per heavy atom. The van der Waals surface area contributed by atoms with Gasteiger partial charge in [0.1, 0.15) is 0 Å². The van der Waals surface area contributed by atoms with Crippen LogP contribution >= 0.6 is 0 Å². The lowest BCUT2D eigenvalue weighted by Gasteiger charge is -2.13. The Kier molecular flexibility index (Phi) is 2.78. The lowest BCUT2D eigenvalue weighted by atomic mass is 10.2. The van der Waals surface area contributed by atoms with Crippen LogP contribution in [0, 0.1) is 0 Å². The summed E-state index contributed by atoms with van der Waals surface area (Å²) < 4.78 is 4.89. The number of hydrogen-bond donors (Lipinski definition) is 1. The molecule has 0 atom stereocenters. The van der Waals surface area contributed by atoms with Crippen molar-refractivity contribution in [3.05, 3.63) is 34.3 Å². The van der Waals surface area contributed by atoms with Crippen molar-refractivity contribution in [2.75, 3.05) is 7.05 Å². The van der Waals surface area contributed by atoms with Crippen molar-refractivity contribution in [2.45, 2.75) is 6.54 Å². The summed E-state index contributed by atoms with van der Waals surface area (Å²) in [5.41, 5.74) is 1.81. The Balaban J connectivity index is 2.27. The van der Waals surface area contributed by atoms with Crippen molar-refractivity contribution >= 4 is 23.3 Å². The molecule has 1 N–H and O–H groups in total. The number of aromatic amines is 1. The molecule has 1 heterocycles. The molecule has 1 aromatic carbocycles. The number of benzene rings is 1. The standard InChI is InChI=1S/C11H10N2O4/c1-13(10(15)6-14)5-7-2-3-8-9(4-7)17-11(16)12-8/h2-4,6H,5H2,1H3,(H,12,16). The number of nitrogens with one attached hydrogen (secondary N) is 1. The van der Waals surface area contributed by atoms with Crippen molar-refractivity contribution in [3.8, 4) is 0 Å². The number of amides is 1. The van der Waals surface area contributed by atoms with Gasteiger partial charge < -0.3 is 9.32 Å². The molecule has 17 heavy (non-hydrogen) atoms. The molecule has 0 aliphatic rings. The molecule has 0 spiro atoms. The zero-order valence-electron chi connectivity index (χ0n) is 9.10. The van der Waals surface area contributed by atoms with Crippen LogP contribution in [0.5, 0.6) is 0 Å². The van der Waals surface area contributed by atoms with E-state index >= 15 is 0 Å². The average molecular weight is 234 g/mol. The minimum absolute atomic E-state index is 0.259. The molecule has 0 radical (unpaired) electrons. The van der Waals surface area contributed by atoms with Gasteiger partial charge in [0.25, 0.3) is 5.91 Å². The summed E-state index contributed by atoms with van der Waals surface area (Å²) >= 11 is 0. The predicted octanol–water partition coefficient (Wildman–Crippen LogP) is 0.278. The van der Waals surface area contributed by atoms with E-state index in [2.05, 4.69) is 4.98 Å². The van der Waals surface area contributed by atoms with Crippen molar-refractivity contribution in [3.63, 3.8) is 0 Å². The van der Waals surface area contributed by atoms with Gasteiger partial charge in [-0.15, -0.1) is 0 Å². The summed E-state index contributed by atoms with van der Waals surface area (Å²) in [6.45, 7) is 0.280. The van der Waals surface area contributed by atoms with Crippen LogP contribution in [0.25, 0.3) is 11.1 Å². The predicted molar refractivity (Wildman–Crippen MR) is 59.4 cm³/mol. The highest BCUT2D eigenvalue weighted by Gasteiger charge is 2.08. The van der Waals surface area contributed by atoms with E-state index in [0.29, 0.717) is 11.1 Å². The normalized spacial score (nSPS) is 10.4. The number of aromatic nitrogens is 1. The highest BCUT2D eigenvalue weighted by molar-refractivity contribution is 6.23.